The van der Waals surface area contributed by atoms with Crippen LogP contribution in [0.15, 0.2) is 24.3 Å². The fourth-order valence-corrected chi connectivity index (χ4v) is 4.47. The minimum absolute atomic E-state index is 0.191. The molecule has 0 aliphatic carbocycles. The Bertz CT molecular complexity index is 863. The van der Waals surface area contributed by atoms with Crippen molar-refractivity contribution in [3.8, 4) is 0 Å². The van der Waals surface area contributed by atoms with Crippen LogP contribution in [-0.2, 0) is 4.79 Å². The molecular weight excluding hydrogens is 344 g/mol. The van der Waals surface area contributed by atoms with Crippen molar-refractivity contribution in [3.05, 3.63) is 68.8 Å². The Hall–Kier alpha value is -2.09. The number of benzene rings is 2. The fourth-order valence-electron chi connectivity index (χ4n) is 4.47. The summed E-state index contributed by atoms with van der Waals surface area (Å²) >= 11 is 0. The topological polar surface area (TPSA) is 37.3 Å². The van der Waals surface area contributed by atoms with Crippen molar-refractivity contribution in [1.82, 2.24) is 0 Å². The molecule has 0 heterocycles. The van der Waals surface area contributed by atoms with Gasteiger partial charge in [0, 0.05) is 0 Å². The van der Waals surface area contributed by atoms with Crippen LogP contribution in [0.3, 0.4) is 0 Å². The standard InChI is InChI=1S/C26H36O2/c1-9-22(23-12-10-15(2)18(5)20(23)7)25(14-17(4)26(27)28)24-13-11-16(3)19(6)21(24)8/h10-13,17,22,25H,9,14H2,1-8H3,(H,27,28). The molecule has 0 amide bonds. The van der Waals surface area contributed by atoms with E-state index < -0.39 is 5.97 Å². The largest absolute Gasteiger partial charge is 0.481 e. The van der Waals surface area contributed by atoms with E-state index in [1.807, 2.05) is 6.92 Å². The molecule has 1 N–H and O–H groups in total. The Labute approximate surface area is 171 Å². The lowest BCUT2D eigenvalue weighted by Gasteiger charge is -2.32. The number of hydrogen-bond donors (Lipinski definition) is 1. The van der Waals surface area contributed by atoms with Gasteiger partial charge in [-0.3, -0.25) is 4.79 Å². The van der Waals surface area contributed by atoms with E-state index in [0.717, 1.165) is 6.42 Å². The van der Waals surface area contributed by atoms with Crippen molar-refractivity contribution in [2.45, 2.75) is 80.1 Å². The molecule has 0 aromatic heterocycles. The Morgan fingerprint density at radius 2 is 1.21 bits per heavy atom. The number of hydrogen-bond acceptors (Lipinski definition) is 1. The third-order valence-corrected chi connectivity index (χ3v) is 6.95. The second-order valence-electron chi connectivity index (χ2n) is 8.54. The van der Waals surface area contributed by atoms with E-state index in [-0.39, 0.29) is 11.8 Å². The minimum Gasteiger partial charge on any atom is -0.481 e. The second kappa shape index (κ2) is 8.94. The Balaban J connectivity index is 2.65. The first-order valence-electron chi connectivity index (χ1n) is 10.5. The zero-order valence-corrected chi connectivity index (χ0v) is 18.8. The molecule has 0 spiro atoms. The first-order valence-corrected chi connectivity index (χ1v) is 10.5. The summed E-state index contributed by atoms with van der Waals surface area (Å²) in [5, 5.41) is 9.61. The third kappa shape index (κ3) is 4.32. The van der Waals surface area contributed by atoms with Crippen molar-refractivity contribution in [2.75, 3.05) is 0 Å². The van der Waals surface area contributed by atoms with Crippen LogP contribution in [0.4, 0.5) is 0 Å². The molecular formula is C26H36O2. The summed E-state index contributed by atoms with van der Waals surface area (Å²) < 4.78 is 0. The number of carbonyl (C=O) groups is 1. The third-order valence-electron chi connectivity index (χ3n) is 6.95. The van der Waals surface area contributed by atoms with Gasteiger partial charge in [0.05, 0.1) is 5.92 Å². The Morgan fingerprint density at radius 3 is 1.61 bits per heavy atom. The van der Waals surface area contributed by atoms with Crippen molar-refractivity contribution in [2.24, 2.45) is 5.92 Å². The van der Waals surface area contributed by atoms with Gasteiger partial charge in [-0.2, -0.15) is 0 Å². The van der Waals surface area contributed by atoms with Gasteiger partial charge in [0.2, 0.25) is 0 Å². The van der Waals surface area contributed by atoms with E-state index in [1.54, 1.807) is 0 Å². The van der Waals surface area contributed by atoms with E-state index in [1.165, 1.54) is 44.5 Å². The van der Waals surface area contributed by atoms with Crippen LogP contribution in [0.1, 0.15) is 83.0 Å². The number of carboxylic acids is 1. The lowest BCUT2D eigenvalue weighted by atomic mass is 9.72. The first kappa shape index (κ1) is 22.2. The molecule has 2 rings (SSSR count). The molecule has 2 aromatic carbocycles. The van der Waals surface area contributed by atoms with Crippen LogP contribution in [-0.4, -0.2) is 11.1 Å². The fraction of sp³-hybridized carbons (Fsp3) is 0.500. The summed E-state index contributed by atoms with van der Waals surface area (Å²) in [6.45, 7) is 17.1. The summed E-state index contributed by atoms with van der Waals surface area (Å²) in [6.07, 6.45) is 1.65. The van der Waals surface area contributed by atoms with Gasteiger partial charge in [0.1, 0.15) is 0 Å². The number of aryl methyl sites for hydroxylation is 2. The molecule has 0 aliphatic heterocycles. The van der Waals surface area contributed by atoms with Crippen LogP contribution in [0, 0.1) is 47.5 Å². The van der Waals surface area contributed by atoms with Crippen molar-refractivity contribution in [1.29, 1.82) is 0 Å². The van der Waals surface area contributed by atoms with Crippen LogP contribution in [0.2, 0.25) is 0 Å². The van der Waals surface area contributed by atoms with Crippen LogP contribution >= 0.6 is 0 Å². The zero-order chi connectivity index (χ0) is 21.2. The smallest absolute Gasteiger partial charge is 0.306 e. The minimum atomic E-state index is -0.710. The predicted molar refractivity (Wildman–Crippen MR) is 118 cm³/mol. The quantitative estimate of drug-likeness (QED) is 0.565. The lowest BCUT2D eigenvalue weighted by Crippen LogP contribution is -2.20. The molecule has 0 saturated carbocycles. The summed E-state index contributed by atoms with van der Waals surface area (Å²) in [6, 6.07) is 8.90. The summed E-state index contributed by atoms with van der Waals surface area (Å²) in [7, 11) is 0. The average Bonchev–Trinajstić information content (AvgIpc) is 2.65. The van der Waals surface area contributed by atoms with E-state index in [9.17, 15) is 9.90 Å². The molecule has 0 radical (unpaired) electrons. The van der Waals surface area contributed by atoms with E-state index in [4.69, 9.17) is 0 Å². The normalized spacial score (nSPS) is 14.6. The summed E-state index contributed by atoms with van der Waals surface area (Å²) in [5.41, 5.74) is 10.6. The van der Waals surface area contributed by atoms with Gasteiger partial charge in [0.15, 0.2) is 0 Å². The number of aliphatic carboxylic acids is 1. The van der Waals surface area contributed by atoms with Gasteiger partial charge in [-0.1, -0.05) is 38.1 Å². The molecule has 28 heavy (non-hydrogen) atoms. The van der Waals surface area contributed by atoms with Crippen molar-refractivity contribution < 1.29 is 9.90 Å². The SMILES string of the molecule is CCC(c1ccc(C)c(C)c1C)C(CC(C)C(=O)O)c1ccc(C)c(C)c1C. The van der Waals surface area contributed by atoms with Gasteiger partial charge in [0.25, 0.3) is 0 Å². The maximum atomic E-state index is 11.7. The van der Waals surface area contributed by atoms with Gasteiger partial charge in [-0.05, 0) is 111 Å². The molecule has 3 atom stereocenters. The Morgan fingerprint density at radius 1 is 0.786 bits per heavy atom. The molecule has 3 unspecified atom stereocenters. The van der Waals surface area contributed by atoms with Crippen molar-refractivity contribution in [3.63, 3.8) is 0 Å². The van der Waals surface area contributed by atoms with Crippen molar-refractivity contribution >= 4 is 5.97 Å². The molecule has 2 heteroatoms. The molecule has 152 valence electrons. The van der Waals surface area contributed by atoms with Crippen LogP contribution in [0.5, 0.6) is 0 Å². The Kier molecular flexibility index (Phi) is 7.09. The highest BCUT2D eigenvalue weighted by Gasteiger charge is 2.30. The number of rotatable bonds is 7. The molecule has 0 fully saturated rings. The number of carboxylic acid groups (broad SMARTS) is 1. The van der Waals surface area contributed by atoms with E-state index in [0.29, 0.717) is 12.3 Å². The average molecular weight is 381 g/mol. The first-order chi connectivity index (χ1) is 13.1. The highest BCUT2D eigenvalue weighted by Crippen LogP contribution is 2.43. The predicted octanol–water partition coefficient (Wildman–Crippen LogP) is 6.93. The molecule has 0 aliphatic rings. The summed E-state index contributed by atoms with van der Waals surface area (Å²) in [4.78, 5) is 11.7. The molecule has 0 saturated heterocycles. The highest BCUT2D eigenvalue weighted by atomic mass is 16.4. The van der Waals surface area contributed by atoms with Gasteiger partial charge >= 0.3 is 5.97 Å². The lowest BCUT2D eigenvalue weighted by molar-refractivity contribution is -0.141. The molecule has 0 bridgehead atoms. The zero-order valence-electron chi connectivity index (χ0n) is 18.8. The maximum absolute atomic E-state index is 11.7. The summed E-state index contributed by atoms with van der Waals surface area (Å²) in [5.74, 6) is -0.580. The monoisotopic (exact) mass is 380 g/mol. The maximum Gasteiger partial charge on any atom is 0.306 e. The van der Waals surface area contributed by atoms with E-state index in [2.05, 4.69) is 72.7 Å². The van der Waals surface area contributed by atoms with Gasteiger partial charge in [-0.15, -0.1) is 0 Å². The highest BCUT2D eigenvalue weighted by molar-refractivity contribution is 5.69. The van der Waals surface area contributed by atoms with Gasteiger partial charge in [-0.25, -0.2) is 0 Å². The van der Waals surface area contributed by atoms with Crippen LogP contribution in [0.25, 0.3) is 0 Å². The molecule has 2 nitrogen and oxygen atoms in total. The van der Waals surface area contributed by atoms with Gasteiger partial charge < -0.3 is 5.11 Å². The van der Waals surface area contributed by atoms with Crippen LogP contribution < -0.4 is 0 Å². The van der Waals surface area contributed by atoms with E-state index >= 15 is 0 Å². The second-order valence-corrected chi connectivity index (χ2v) is 8.54. The molecule has 2 aromatic rings.